The number of benzene rings is 1. The second-order valence-corrected chi connectivity index (χ2v) is 6.38. The lowest BCUT2D eigenvalue weighted by molar-refractivity contribution is 0.326. The molecule has 112 valence electrons. The van der Waals surface area contributed by atoms with E-state index in [2.05, 4.69) is 10.3 Å². The Hall–Kier alpha value is -0.630. The zero-order valence-electron chi connectivity index (χ0n) is 11.5. The monoisotopic (exact) mass is 407 g/mol. The standard InChI is InChI=1S/C14H21N3OS.HI/c15-14(17-11-12-5-4-6-12)16-9-10-19(18)13-7-2-1-3-8-13;/h1-3,7-8,12H,4-6,9-11H2,(H3,15,16,17);1H. The van der Waals surface area contributed by atoms with Gasteiger partial charge in [0.2, 0.25) is 0 Å². The van der Waals surface area contributed by atoms with Crippen molar-refractivity contribution in [2.75, 3.05) is 18.8 Å². The first kappa shape index (κ1) is 17.4. The average molecular weight is 407 g/mol. The number of nitrogens with two attached hydrogens (primary N) is 1. The van der Waals surface area contributed by atoms with Gasteiger partial charge in [-0.25, -0.2) is 0 Å². The topological polar surface area (TPSA) is 67.5 Å². The van der Waals surface area contributed by atoms with E-state index in [1.807, 2.05) is 30.3 Å². The van der Waals surface area contributed by atoms with Gasteiger partial charge in [0.25, 0.3) is 0 Å². The third-order valence-corrected chi connectivity index (χ3v) is 4.72. The van der Waals surface area contributed by atoms with Crippen LogP contribution in [0.4, 0.5) is 0 Å². The van der Waals surface area contributed by atoms with E-state index in [4.69, 9.17) is 5.73 Å². The van der Waals surface area contributed by atoms with Crippen molar-refractivity contribution in [1.82, 2.24) is 5.32 Å². The fraction of sp³-hybridized carbons (Fsp3) is 0.500. The third-order valence-electron chi connectivity index (χ3n) is 3.34. The number of hydrogen-bond acceptors (Lipinski definition) is 2. The molecule has 0 amide bonds. The molecule has 0 heterocycles. The zero-order chi connectivity index (χ0) is 13.5. The molecule has 0 aromatic heterocycles. The van der Waals surface area contributed by atoms with Crippen molar-refractivity contribution in [1.29, 1.82) is 0 Å². The Morgan fingerprint density at radius 3 is 2.65 bits per heavy atom. The maximum atomic E-state index is 11.9. The van der Waals surface area contributed by atoms with Crippen LogP contribution in [0.3, 0.4) is 0 Å². The summed E-state index contributed by atoms with van der Waals surface area (Å²) in [6.45, 7) is 1.40. The summed E-state index contributed by atoms with van der Waals surface area (Å²) < 4.78 is 11.9. The first-order chi connectivity index (χ1) is 9.25. The first-order valence-electron chi connectivity index (χ1n) is 6.73. The van der Waals surface area contributed by atoms with Crippen LogP contribution in [0.5, 0.6) is 0 Å². The second-order valence-electron chi connectivity index (χ2n) is 4.81. The lowest BCUT2D eigenvalue weighted by Gasteiger charge is -2.23. The predicted octanol–water partition coefficient (Wildman–Crippen LogP) is 2.12. The van der Waals surface area contributed by atoms with E-state index in [0.29, 0.717) is 18.3 Å². The molecule has 1 fully saturated rings. The summed E-state index contributed by atoms with van der Waals surface area (Å²) >= 11 is 0. The third kappa shape index (κ3) is 5.78. The number of halogens is 1. The number of hydrogen-bond donors (Lipinski definition) is 2. The van der Waals surface area contributed by atoms with Gasteiger partial charge in [-0.15, -0.1) is 24.0 Å². The highest BCUT2D eigenvalue weighted by Crippen LogP contribution is 2.26. The fourth-order valence-electron chi connectivity index (χ4n) is 1.92. The summed E-state index contributed by atoms with van der Waals surface area (Å²) in [6, 6.07) is 9.47. The van der Waals surface area contributed by atoms with E-state index in [1.165, 1.54) is 19.3 Å². The summed E-state index contributed by atoms with van der Waals surface area (Å²) in [5, 5.41) is 3.02. The van der Waals surface area contributed by atoms with Gasteiger partial charge in [0.1, 0.15) is 0 Å². The maximum absolute atomic E-state index is 11.9. The SMILES string of the molecule is I.NC(=NCC1CCC1)NCCS(=O)c1ccccc1. The predicted molar refractivity (Wildman–Crippen MR) is 95.0 cm³/mol. The van der Waals surface area contributed by atoms with Crippen molar-refractivity contribution < 1.29 is 4.21 Å². The van der Waals surface area contributed by atoms with Crippen molar-refractivity contribution in [3.05, 3.63) is 30.3 Å². The molecule has 1 saturated carbocycles. The van der Waals surface area contributed by atoms with E-state index in [0.717, 1.165) is 17.4 Å². The minimum absolute atomic E-state index is 0. The molecule has 1 aliphatic rings. The van der Waals surface area contributed by atoms with Gasteiger partial charge in [0.05, 0.1) is 10.8 Å². The maximum Gasteiger partial charge on any atom is 0.188 e. The van der Waals surface area contributed by atoms with Crippen LogP contribution < -0.4 is 11.1 Å². The van der Waals surface area contributed by atoms with Crippen molar-refractivity contribution in [3.8, 4) is 0 Å². The van der Waals surface area contributed by atoms with E-state index >= 15 is 0 Å². The minimum Gasteiger partial charge on any atom is -0.370 e. The van der Waals surface area contributed by atoms with Crippen LogP contribution in [-0.4, -0.2) is 29.0 Å². The number of guanidine groups is 1. The van der Waals surface area contributed by atoms with Gasteiger partial charge in [-0.3, -0.25) is 9.20 Å². The van der Waals surface area contributed by atoms with Crippen molar-refractivity contribution in [2.24, 2.45) is 16.6 Å². The molecular formula is C14H22IN3OS. The minimum atomic E-state index is -0.976. The highest BCUT2D eigenvalue weighted by molar-refractivity contribution is 14.0. The lowest BCUT2D eigenvalue weighted by Crippen LogP contribution is -2.35. The lowest BCUT2D eigenvalue weighted by atomic mass is 9.86. The summed E-state index contributed by atoms with van der Waals surface area (Å²) in [4.78, 5) is 5.16. The Kier molecular flexibility index (Phi) is 8.13. The molecule has 1 atom stereocenters. The first-order valence-corrected chi connectivity index (χ1v) is 8.05. The Morgan fingerprint density at radius 2 is 2.05 bits per heavy atom. The van der Waals surface area contributed by atoms with E-state index in [1.54, 1.807) is 0 Å². The van der Waals surface area contributed by atoms with Gasteiger partial charge in [-0.05, 0) is 30.9 Å². The van der Waals surface area contributed by atoms with Gasteiger partial charge in [0, 0.05) is 23.7 Å². The number of rotatable bonds is 6. The number of nitrogens with zero attached hydrogens (tertiary/aromatic N) is 1. The Bertz CT molecular complexity index is 449. The number of nitrogens with one attached hydrogen (secondary N) is 1. The van der Waals surface area contributed by atoms with Gasteiger partial charge in [-0.1, -0.05) is 24.6 Å². The van der Waals surface area contributed by atoms with Crippen molar-refractivity contribution >= 4 is 40.7 Å². The largest absolute Gasteiger partial charge is 0.370 e. The zero-order valence-corrected chi connectivity index (χ0v) is 14.6. The summed E-state index contributed by atoms with van der Waals surface area (Å²) in [5.74, 6) is 1.74. The molecular weight excluding hydrogens is 385 g/mol. The molecule has 0 bridgehead atoms. The molecule has 4 nitrogen and oxygen atoms in total. The van der Waals surface area contributed by atoms with Gasteiger partial charge < -0.3 is 11.1 Å². The molecule has 1 aromatic rings. The number of aliphatic imine (C=N–C) groups is 1. The molecule has 0 saturated heterocycles. The Morgan fingerprint density at radius 1 is 1.35 bits per heavy atom. The normalized spacial score (nSPS) is 16.9. The summed E-state index contributed by atoms with van der Waals surface area (Å²) in [5.41, 5.74) is 5.77. The van der Waals surface area contributed by atoms with Gasteiger partial charge in [-0.2, -0.15) is 0 Å². The Balaban J connectivity index is 0.00000200. The van der Waals surface area contributed by atoms with Crippen molar-refractivity contribution in [2.45, 2.75) is 24.2 Å². The van der Waals surface area contributed by atoms with Crippen molar-refractivity contribution in [3.63, 3.8) is 0 Å². The molecule has 3 N–H and O–H groups in total. The molecule has 0 spiro atoms. The highest BCUT2D eigenvalue weighted by Gasteiger charge is 2.16. The molecule has 20 heavy (non-hydrogen) atoms. The second kappa shape index (κ2) is 9.33. The van der Waals surface area contributed by atoms with Crippen LogP contribution in [-0.2, 0) is 10.8 Å². The molecule has 0 radical (unpaired) electrons. The van der Waals surface area contributed by atoms with Crippen LogP contribution in [0, 0.1) is 5.92 Å². The molecule has 2 rings (SSSR count). The Labute approximate surface area is 140 Å². The van der Waals surface area contributed by atoms with E-state index in [-0.39, 0.29) is 24.0 Å². The van der Waals surface area contributed by atoms with E-state index in [9.17, 15) is 4.21 Å². The highest BCUT2D eigenvalue weighted by atomic mass is 127. The van der Waals surface area contributed by atoms with Crippen LogP contribution >= 0.6 is 24.0 Å². The molecule has 1 aliphatic carbocycles. The molecule has 1 aromatic carbocycles. The smallest absolute Gasteiger partial charge is 0.188 e. The van der Waals surface area contributed by atoms with Gasteiger partial charge >= 0.3 is 0 Å². The molecule has 1 unspecified atom stereocenters. The molecule has 0 aliphatic heterocycles. The quantitative estimate of drug-likeness (QED) is 0.431. The molecule has 6 heteroatoms. The summed E-state index contributed by atoms with van der Waals surface area (Å²) in [6.07, 6.45) is 3.87. The van der Waals surface area contributed by atoms with E-state index < -0.39 is 10.8 Å². The van der Waals surface area contributed by atoms with Crippen LogP contribution in [0.25, 0.3) is 0 Å². The average Bonchev–Trinajstić information content (AvgIpc) is 2.38. The van der Waals surface area contributed by atoms with Crippen LogP contribution in [0.15, 0.2) is 40.2 Å². The van der Waals surface area contributed by atoms with Gasteiger partial charge in [0.15, 0.2) is 5.96 Å². The fourth-order valence-corrected chi connectivity index (χ4v) is 2.90. The summed E-state index contributed by atoms with van der Waals surface area (Å²) in [7, 11) is -0.976. The van der Waals surface area contributed by atoms with Crippen LogP contribution in [0.1, 0.15) is 19.3 Å². The van der Waals surface area contributed by atoms with Crippen LogP contribution in [0.2, 0.25) is 0 Å².